The number of rotatable bonds is 7. The predicted molar refractivity (Wildman–Crippen MR) is 203 cm³/mol. The second-order valence-electron chi connectivity index (χ2n) is 17.3. The third-order valence-electron chi connectivity index (χ3n) is 14.5. The third-order valence-corrected chi connectivity index (χ3v) is 14.5. The monoisotopic (exact) mass is 695 g/mol. The molecule has 7 heteroatoms. The van der Waals surface area contributed by atoms with Crippen LogP contribution in [-0.2, 0) is 16.0 Å². The number of carboxylic acid groups (broad SMARTS) is 1. The van der Waals surface area contributed by atoms with Gasteiger partial charge in [0.15, 0.2) is 0 Å². The average Bonchev–Trinajstić information content (AvgIpc) is 3.50. The highest BCUT2D eigenvalue weighted by atomic mass is 16.3. The quantitative estimate of drug-likeness (QED) is 0.129. The van der Waals surface area contributed by atoms with Gasteiger partial charge in [-0.3, -0.25) is 14.4 Å². The van der Waals surface area contributed by atoms with Crippen LogP contribution in [0.2, 0.25) is 0 Å². The molecule has 0 saturated heterocycles. The summed E-state index contributed by atoms with van der Waals surface area (Å²) in [5.74, 6) is 4.15. The van der Waals surface area contributed by atoms with E-state index in [1.165, 1.54) is 82.6 Å². The number of carbonyl (C=O) groups excluding carboxylic acids is 2. The van der Waals surface area contributed by atoms with Crippen molar-refractivity contribution in [2.75, 3.05) is 6.54 Å². The second kappa shape index (κ2) is 18.2. The van der Waals surface area contributed by atoms with Crippen LogP contribution >= 0.6 is 0 Å². The highest BCUT2D eigenvalue weighted by molar-refractivity contribution is 5.94. The van der Waals surface area contributed by atoms with Crippen molar-refractivity contribution >= 4 is 18.8 Å². The van der Waals surface area contributed by atoms with E-state index < -0.39 is 0 Å². The first-order valence-electron chi connectivity index (χ1n) is 19.7. The van der Waals surface area contributed by atoms with Gasteiger partial charge in [0.05, 0.1) is 6.10 Å². The van der Waals surface area contributed by atoms with Crippen LogP contribution in [0.4, 0.5) is 0 Å². The van der Waals surface area contributed by atoms with Crippen molar-refractivity contribution in [3.63, 3.8) is 0 Å². The van der Waals surface area contributed by atoms with Gasteiger partial charge in [-0.25, -0.2) is 0 Å². The number of nitrogens with one attached hydrogen (secondary N) is 1. The van der Waals surface area contributed by atoms with Crippen molar-refractivity contribution < 1.29 is 24.6 Å². The molecule has 5 aliphatic rings. The highest BCUT2D eigenvalue weighted by Crippen LogP contribution is 2.73. The fraction of sp³-hybridized carbons (Fsp3) is 0.744. The van der Waals surface area contributed by atoms with Gasteiger partial charge in [-0.05, 0) is 153 Å². The van der Waals surface area contributed by atoms with E-state index in [2.05, 4.69) is 70.4 Å². The molecule has 0 spiro atoms. The van der Waals surface area contributed by atoms with Crippen LogP contribution < -0.4 is 11.1 Å². The van der Waals surface area contributed by atoms with E-state index in [4.69, 9.17) is 14.7 Å². The Bertz CT molecular complexity index is 1250. The first-order valence-corrected chi connectivity index (χ1v) is 19.7. The number of carbonyl (C=O) groups is 3. The highest BCUT2D eigenvalue weighted by Gasteiger charge is 2.66. The maximum absolute atomic E-state index is 12.9. The van der Waals surface area contributed by atoms with Gasteiger partial charge < -0.3 is 21.3 Å². The molecule has 50 heavy (non-hydrogen) atoms. The van der Waals surface area contributed by atoms with E-state index in [-0.39, 0.29) is 30.3 Å². The Balaban J connectivity index is 0.000000681. The molecule has 0 aromatic heterocycles. The Hall–Kier alpha value is -2.67. The molecule has 9 atom stereocenters. The summed E-state index contributed by atoms with van der Waals surface area (Å²) in [7, 11) is 0. The lowest BCUT2D eigenvalue weighted by Crippen LogP contribution is -2.63. The zero-order valence-corrected chi connectivity index (χ0v) is 32.2. The molecule has 282 valence electrons. The Morgan fingerprint density at radius 1 is 0.940 bits per heavy atom. The maximum Gasteiger partial charge on any atom is 0.290 e. The fourth-order valence-corrected chi connectivity index (χ4v) is 12.6. The van der Waals surface area contributed by atoms with E-state index in [9.17, 15) is 9.90 Å². The van der Waals surface area contributed by atoms with Crippen LogP contribution in [-0.4, -0.2) is 41.7 Å². The second-order valence-corrected chi connectivity index (χ2v) is 17.3. The molecule has 0 radical (unpaired) electrons. The number of nitrogens with two attached hydrogens (primary N) is 1. The Morgan fingerprint density at radius 3 is 2.26 bits per heavy atom. The molecule has 0 heterocycles. The first kappa shape index (κ1) is 41.7. The van der Waals surface area contributed by atoms with E-state index in [1.54, 1.807) is 6.08 Å². The normalized spacial score (nSPS) is 35.9. The van der Waals surface area contributed by atoms with Crippen LogP contribution in [0.5, 0.6) is 0 Å². The molecule has 5 aliphatic carbocycles. The molecule has 9 unspecified atom stereocenters. The average molecular weight is 695 g/mol. The van der Waals surface area contributed by atoms with Gasteiger partial charge in [-0.2, -0.15) is 0 Å². The lowest BCUT2D eigenvalue weighted by molar-refractivity contribution is -0.214. The third kappa shape index (κ3) is 8.51. The van der Waals surface area contributed by atoms with Crippen LogP contribution in [0.25, 0.3) is 0 Å². The van der Waals surface area contributed by atoms with E-state index in [0.717, 1.165) is 55.0 Å². The summed E-state index contributed by atoms with van der Waals surface area (Å²) in [5.41, 5.74) is 7.70. The molecule has 1 aromatic carbocycles. The zero-order valence-electron chi connectivity index (χ0n) is 32.2. The summed E-state index contributed by atoms with van der Waals surface area (Å²) < 4.78 is 0. The molecule has 2 amide bonds. The largest absolute Gasteiger partial charge is 0.483 e. The number of aliphatic hydroxyl groups is 1. The summed E-state index contributed by atoms with van der Waals surface area (Å²) in [6.07, 6.45) is 21.1. The van der Waals surface area contributed by atoms with Gasteiger partial charge in [0, 0.05) is 12.1 Å². The van der Waals surface area contributed by atoms with Crippen LogP contribution in [0, 0.1) is 51.2 Å². The van der Waals surface area contributed by atoms with Crippen LogP contribution in [0.15, 0.2) is 36.9 Å². The first-order chi connectivity index (χ1) is 23.8. The molecule has 6 rings (SSSR count). The SMILES string of the molecule is C=CC.CCCCCNC(=O)c1cccc(CC23CCCC2C2CCC4C(C)(CCC5C(C)(C)C(O)CCC54C)C2CC3)c1.NC=O.O=CO. The van der Waals surface area contributed by atoms with E-state index in [0.29, 0.717) is 22.2 Å². The standard InChI is InChI=1S/C38H59NO2.C3H6.CH3NO.CH2O2/c1-6-7-8-23-39-34(41)27-12-9-11-26(24-27)25-38-19-10-13-30(38)28-14-15-32-36(4,29(28)16-22-38)20-17-31-35(2,3)33(40)18-21-37(31,32)5;1-3-2;2*2-1-3/h9,11-12,24,28-33,40H,6-8,10,13-23,25H2,1-5H3,(H,39,41);3H,1H2,2H3;1H,(H2,2,3);1H,(H,2,3). The minimum atomic E-state index is -0.250. The predicted octanol–water partition coefficient (Wildman–Crippen LogP) is 8.97. The smallest absolute Gasteiger partial charge is 0.290 e. The molecule has 0 aliphatic heterocycles. The number of fused-ring (bicyclic) bond motifs is 7. The minimum Gasteiger partial charge on any atom is -0.483 e. The Labute approximate surface area is 303 Å². The molecular formula is C43H70N2O5. The van der Waals surface area contributed by atoms with E-state index >= 15 is 0 Å². The Morgan fingerprint density at radius 2 is 1.60 bits per heavy atom. The molecule has 5 N–H and O–H groups in total. The number of allylic oxidation sites excluding steroid dienone is 1. The summed E-state index contributed by atoms with van der Waals surface area (Å²) in [5, 5.41) is 21.0. The molecule has 5 saturated carbocycles. The van der Waals surface area contributed by atoms with E-state index in [1.807, 2.05) is 13.0 Å². The molecular weight excluding hydrogens is 624 g/mol. The van der Waals surface area contributed by atoms with Crippen molar-refractivity contribution in [1.29, 1.82) is 0 Å². The van der Waals surface area contributed by atoms with Crippen molar-refractivity contribution in [2.24, 2.45) is 57.0 Å². The van der Waals surface area contributed by atoms with Gasteiger partial charge >= 0.3 is 0 Å². The van der Waals surface area contributed by atoms with Crippen LogP contribution in [0.1, 0.15) is 147 Å². The van der Waals surface area contributed by atoms with Crippen LogP contribution in [0.3, 0.4) is 0 Å². The van der Waals surface area contributed by atoms with Gasteiger partial charge in [0.25, 0.3) is 12.4 Å². The number of amides is 2. The molecule has 5 fully saturated rings. The van der Waals surface area contributed by atoms with Gasteiger partial charge in [-0.1, -0.05) is 72.1 Å². The molecule has 1 aromatic rings. The summed E-state index contributed by atoms with van der Waals surface area (Å²) in [4.78, 5) is 29.8. The van der Waals surface area contributed by atoms with Crippen molar-refractivity contribution in [2.45, 2.75) is 144 Å². The number of hydrogen-bond acceptors (Lipinski definition) is 4. The summed E-state index contributed by atoms with van der Waals surface area (Å²) in [6, 6.07) is 8.63. The molecule has 0 bridgehead atoms. The van der Waals surface area contributed by atoms with Crippen molar-refractivity contribution in [1.82, 2.24) is 5.32 Å². The minimum absolute atomic E-state index is 0.0410. The zero-order chi connectivity index (χ0) is 37.2. The topological polar surface area (TPSA) is 130 Å². The van der Waals surface area contributed by atoms with Gasteiger partial charge in [-0.15, -0.1) is 6.58 Å². The molecule has 7 nitrogen and oxygen atoms in total. The number of aliphatic hydroxyl groups excluding tert-OH is 1. The Kier molecular flexibility index (Phi) is 15.2. The summed E-state index contributed by atoms with van der Waals surface area (Å²) >= 11 is 0. The van der Waals surface area contributed by atoms with Crippen molar-refractivity contribution in [3.8, 4) is 0 Å². The van der Waals surface area contributed by atoms with Gasteiger partial charge in [0.2, 0.25) is 6.41 Å². The fourth-order valence-electron chi connectivity index (χ4n) is 12.6. The summed E-state index contributed by atoms with van der Waals surface area (Å²) in [6.45, 7) is 18.1. The number of primary amides is 1. The number of unbranched alkanes of at least 4 members (excludes halogenated alkanes) is 2. The number of benzene rings is 1. The lowest BCUT2D eigenvalue weighted by Gasteiger charge is -2.69. The van der Waals surface area contributed by atoms with Crippen molar-refractivity contribution in [3.05, 3.63) is 48.0 Å². The maximum atomic E-state index is 12.9. The van der Waals surface area contributed by atoms with Gasteiger partial charge in [0.1, 0.15) is 0 Å². The lowest BCUT2D eigenvalue weighted by atomic mass is 9.36. The number of hydrogen-bond donors (Lipinski definition) is 4.